The molecule has 2 aliphatic heterocycles. The molecule has 2 atom stereocenters. The molecule has 4 heterocycles. The summed E-state index contributed by atoms with van der Waals surface area (Å²) in [6.45, 7) is 5.48. The van der Waals surface area contributed by atoms with Crippen molar-refractivity contribution in [2.75, 3.05) is 23.8 Å². The van der Waals surface area contributed by atoms with Crippen LogP contribution in [0, 0.1) is 5.82 Å². The van der Waals surface area contributed by atoms with Crippen molar-refractivity contribution in [3.8, 4) is 5.69 Å². The van der Waals surface area contributed by atoms with E-state index in [4.69, 9.17) is 5.11 Å². The number of hydrogen-bond donors (Lipinski definition) is 3. The molecule has 186 valence electrons. The highest BCUT2D eigenvalue weighted by atomic mass is 19.1. The maximum Gasteiger partial charge on any atom is 0.368 e. The minimum Gasteiger partial charge on any atom is -0.394 e. The lowest BCUT2D eigenvalue weighted by atomic mass is 9.84. The molecule has 0 radical (unpaired) electrons. The Morgan fingerprint density at radius 1 is 1.29 bits per heavy atom. The minimum absolute atomic E-state index is 0.0548. The van der Waals surface area contributed by atoms with Gasteiger partial charge >= 0.3 is 5.69 Å². The molecule has 2 saturated heterocycles. The van der Waals surface area contributed by atoms with E-state index in [1.165, 1.54) is 12.8 Å². The standard InChI is InChI=1S/C23H30FN9O2/c1-23(2)13-16(12-17-7-4-8-31(17)23)26-20-19(24)14-25-21(28-20)27-15-5-3-6-18(11-15)33-22(35)32(9-10-34)29-30-33/h3,5-6,11,14,16-17,34H,4,7-10,12-13H2,1-2H3,(H2,25,26,27,28)/t16-,17+/m1/s1. The van der Waals surface area contributed by atoms with Crippen LogP contribution in [0.4, 0.5) is 21.8 Å². The first-order chi connectivity index (χ1) is 16.8. The number of nitrogens with one attached hydrogen (secondary N) is 2. The van der Waals surface area contributed by atoms with Gasteiger partial charge in [-0.2, -0.15) is 14.3 Å². The van der Waals surface area contributed by atoms with Crippen LogP contribution in [0.1, 0.15) is 39.5 Å². The third kappa shape index (κ3) is 4.76. The lowest BCUT2D eigenvalue weighted by molar-refractivity contribution is 0.0500. The Morgan fingerprint density at radius 3 is 2.97 bits per heavy atom. The molecule has 0 bridgehead atoms. The molecule has 35 heavy (non-hydrogen) atoms. The predicted molar refractivity (Wildman–Crippen MR) is 128 cm³/mol. The summed E-state index contributed by atoms with van der Waals surface area (Å²) in [6, 6.07) is 7.57. The third-order valence-corrected chi connectivity index (χ3v) is 6.84. The van der Waals surface area contributed by atoms with Crippen LogP contribution in [-0.2, 0) is 6.54 Å². The third-order valence-electron chi connectivity index (χ3n) is 6.84. The van der Waals surface area contributed by atoms with Crippen LogP contribution in [0.15, 0.2) is 35.3 Å². The minimum atomic E-state index is -0.497. The Bertz CT molecular complexity index is 1260. The van der Waals surface area contributed by atoms with Gasteiger partial charge in [0.25, 0.3) is 0 Å². The van der Waals surface area contributed by atoms with Crippen molar-refractivity contribution in [2.45, 2.75) is 63.7 Å². The first-order valence-corrected chi connectivity index (χ1v) is 11.9. The van der Waals surface area contributed by atoms with E-state index in [0.29, 0.717) is 17.4 Å². The molecule has 3 N–H and O–H groups in total. The summed E-state index contributed by atoms with van der Waals surface area (Å²) < 4.78 is 16.8. The normalized spacial score (nSPS) is 21.6. The molecular weight excluding hydrogens is 453 g/mol. The van der Waals surface area contributed by atoms with Gasteiger partial charge in [-0.3, -0.25) is 4.90 Å². The lowest BCUT2D eigenvalue weighted by Gasteiger charge is -2.47. The summed E-state index contributed by atoms with van der Waals surface area (Å²) in [4.78, 5) is 23.5. The number of aromatic nitrogens is 6. The monoisotopic (exact) mass is 483 g/mol. The second-order valence-corrected chi connectivity index (χ2v) is 9.77. The van der Waals surface area contributed by atoms with Crippen molar-refractivity contribution in [3.63, 3.8) is 0 Å². The number of benzene rings is 1. The van der Waals surface area contributed by atoms with Crippen molar-refractivity contribution >= 4 is 17.5 Å². The van der Waals surface area contributed by atoms with E-state index >= 15 is 0 Å². The largest absolute Gasteiger partial charge is 0.394 e. The van der Waals surface area contributed by atoms with Gasteiger partial charge in [0.2, 0.25) is 5.95 Å². The summed E-state index contributed by atoms with van der Waals surface area (Å²) in [5.74, 6) is -0.0861. The van der Waals surface area contributed by atoms with Crippen molar-refractivity contribution in [3.05, 3.63) is 46.8 Å². The zero-order valence-corrected chi connectivity index (χ0v) is 19.9. The van der Waals surface area contributed by atoms with Gasteiger partial charge in [-0.1, -0.05) is 6.07 Å². The van der Waals surface area contributed by atoms with E-state index in [0.717, 1.165) is 34.9 Å². The summed E-state index contributed by atoms with van der Waals surface area (Å²) >= 11 is 0. The molecule has 3 aromatic rings. The fourth-order valence-corrected chi connectivity index (χ4v) is 5.36. The fraction of sp³-hybridized carbons (Fsp3) is 0.522. The Labute approximate surface area is 202 Å². The number of aliphatic hydroxyl groups excluding tert-OH is 1. The molecule has 1 aromatic carbocycles. The highest BCUT2D eigenvalue weighted by Gasteiger charge is 2.43. The molecule has 0 aliphatic carbocycles. The number of nitrogens with zero attached hydrogens (tertiary/aromatic N) is 7. The van der Waals surface area contributed by atoms with Crippen molar-refractivity contribution in [2.24, 2.45) is 0 Å². The van der Waals surface area contributed by atoms with E-state index in [1.807, 2.05) is 0 Å². The first kappa shape index (κ1) is 23.4. The number of rotatable bonds is 7. The summed E-state index contributed by atoms with van der Waals surface area (Å²) in [7, 11) is 0. The van der Waals surface area contributed by atoms with Gasteiger partial charge in [0.15, 0.2) is 11.6 Å². The van der Waals surface area contributed by atoms with Crippen LogP contribution in [0.5, 0.6) is 0 Å². The zero-order chi connectivity index (χ0) is 24.6. The topological polar surface area (TPSA) is 126 Å². The molecule has 12 heteroatoms. The van der Waals surface area contributed by atoms with Gasteiger partial charge in [0.05, 0.1) is 25.0 Å². The van der Waals surface area contributed by atoms with Crippen molar-refractivity contribution < 1.29 is 9.50 Å². The second-order valence-electron chi connectivity index (χ2n) is 9.77. The average molecular weight is 484 g/mol. The molecule has 2 aliphatic rings. The van der Waals surface area contributed by atoms with Crippen LogP contribution in [0.3, 0.4) is 0 Å². The van der Waals surface area contributed by atoms with Crippen LogP contribution in [-0.4, -0.2) is 70.5 Å². The van der Waals surface area contributed by atoms with E-state index in [9.17, 15) is 9.18 Å². The first-order valence-electron chi connectivity index (χ1n) is 11.9. The number of aliphatic hydroxyl groups is 1. The van der Waals surface area contributed by atoms with Gasteiger partial charge in [-0.05, 0) is 74.7 Å². The SMILES string of the molecule is CC1(C)C[C@H](Nc2nc(Nc3cccc(-n4nnn(CCO)c4=O)c3)ncc2F)C[C@@H]2CCCN21. The number of tetrazole rings is 1. The van der Waals surface area contributed by atoms with E-state index in [2.05, 4.69) is 49.8 Å². The quantitative estimate of drug-likeness (QED) is 0.462. The molecule has 5 rings (SSSR count). The zero-order valence-electron chi connectivity index (χ0n) is 19.9. The van der Waals surface area contributed by atoms with E-state index in [1.54, 1.807) is 24.3 Å². The van der Waals surface area contributed by atoms with Crippen molar-refractivity contribution in [1.29, 1.82) is 0 Å². The molecule has 0 amide bonds. The second kappa shape index (κ2) is 9.34. The van der Waals surface area contributed by atoms with Gasteiger partial charge in [-0.25, -0.2) is 14.2 Å². The highest BCUT2D eigenvalue weighted by Crippen LogP contribution is 2.38. The maximum absolute atomic E-state index is 14.6. The van der Waals surface area contributed by atoms with Crippen LogP contribution >= 0.6 is 0 Å². The Balaban J connectivity index is 1.33. The molecule has 0 saturated carbocycles. The van der Waals surface area contributed by atoms with E-state index < -0.39 is 11.5 Å². The van der Waals surface area contributed by atoms with Gasteiger partial charge < -0.3 is 15.7 Å². The molecule has 0 unspecified atom stereocenters. The Morgan fingerprint density at radius 2 is 2.14 bits per heavy atom. The maximum atomic E-state index is 14.6. The smallest absolute Gasteiger partial charge is 0.368 e. The summed E-state index contributed by atoms with van der Waals surface area (Å²) in [6.07, 6.45) is 5.41. The van der Waals surface area contributed by atoms with Crippen LogP contribution in [0.2, 0.25) is 0 Å². The number of fused-ring (bicyclic) bond motifs is 1. The van der Waals surface area contributed by atoms with Gasteiger partial charge in [0, 0.05) is 23.3 Å². The molecular formula is C23H30FN9O2. The van der Waals surface area contributed by atoms with E-state index in [-0.39, 0.29) is 36.5 Å². The number of anilines is 3. The Kier molecular flexibility index (Phi) is 6.24. The summed E-state index contributed by atoms with van der Waals surface area (Å²) in [5.41, 5.74) is 0.676. The van der Waals surface area contributed by atoms with Crippen LogP contribution in [0.25, 0.3) is 5.69 Å². The summed E-state index contributed by atoms with van der Waals surface area (Å²) in [5, 5.41) is 23.1. The predicted octanol–water partition coefficient (Wildman–Crippen LogP) is 1.91. The van der Waals surface area contributed by atoms with Crippen LogP contribution < -0.4 is 16.3 Å². The average Bonchev–Trinajstić information content (AvgIpc) is 3.44. The number of hydrogen-bond acceptors (Lipinski definition) is 9. The molecule has 2 aromatic heterocycles. The van der Waals surface area contributed by atoms with Gasteiger partial charge in [0.1, 0.15) is 0 Å². The van der Waals surface area contributed by atoms with Gasteiger partial charge in [-0.15, -0.1) is 0 Å². The highest BCUT2D eigenvalue weighted by molar-refractivity contribution is 5.58. The molecule has 0 spiro atoms. The van der Waals surface area contributed by atoms with Crippen molar-refractivity contribution in [1.82, 2.24) is 34.7 Å². The number of halogens is 1. The Hall–Kier alpha value is -3.38. The number of piperidine rings is 1. The molecule has 2 fully saturated rings. The lowest BCUT2D eigenvalue weighted by Crippen LogP contribution is -2.55. The molecule has 11 nitrogen and oxygen atoms in total. The fourth-order valence-electron chi connectivity index (χ4n) is 5.36.